The smallest absolute Gasteiger partial charge is 0.321 e. The minimum absolute atomic E-state index is 0.252. The second-order valence-electron chi connectivity index (χ2n) is 5.86. The summed E-state index contributed by atoms with van der Waals surface area (Å²) in [6.45, 7) is 0.731. The molecule has 2 amide bonds. The highest BCUT2D eigenvalue weighted by Gasteiger charge is 2.30. The van der Waals surface area contributed by atoms with Crippen molar-refractivity contribution in [2.75, 3.05) is 18.4 Å². The Morgan fingerprint density at radius 2 is 2.16 bits per heavy atom. The van der Waals surface area contributed by atoms with Crippen LogP contribution >= 0.6 is 11.8 Å². The molecule has 1 aromatic heterocycles. The highest BCUT2D eigenvalue weighted by molar-refractivity contribution is 7.98. The van der Waals surface area contributed by atoms with Crippen LogP contribution in [-0.2, 0) is 10.5 Å². The van der Waals surface area contributed by atoms with E-state index in [0.717, 1.165) is 16.3 Å². The van der Waals surface area contributed by atoms with Crippen LogP contribution < -0.4 is 5.32 Å². The van der Waals surface area contributed by atoms with Gasteiger partial charge in [-0.3, -0.25) is 4.79 Å². The maximum Gasteiger partial charge on any atom is 0.321 e. The zero-order valence-electron chi connectivity index (χ0n) is 13.6. The van der Waals surface area contributed by atoms with Gasteiger partial charge >= 0.3 is 12.0 Å². The van der Waals surface area contributed by atoms with E-state index >= 15 is 0 Å². The maximum absolute atomic E-state index is 12.3. The van der Waals surface area contributed by atoms with Crippen LogP contribution in [0.4, 0.5) is 10.5 Å². The number of anilines is 1. The van der Waals surface area contributed by atoms with E-state index in [1.165, 1.54) is 0 Å². The Hall–Kier alpha value is -2.54. The van der Waals surface area contributed by atoms with Crippen LogP contribution in [0, 0.1) is 5.92 Å². The average molecular weight is 357 g/mol. The fourth-order valence-electron chi connectivity index (χ4n) is 2.68. The lowest BCUT2D eigenvalue weighted by molar-refractivity contribution is -0.141. The molecule has 0 radical (unpaired) electrons. The number of rotatable bonds is 5. The van der Waals surface area contributed by atoms with Crippen LogP contribution in [0.5, 0.6) is 0 Å². The van der Waals surface area contributed by atoms with Gasteiger partial charge in [-0.1, -0.05) is 18.2 Å². The monoisotopic (exact) mass is 357 g/mol. The molecule has 1 saturated heterocycles. The number of likely N-dealkylation sites (tertiary alicyclic amines) is 1. The quantitative estimate of drug-likeness (QED) is 0.802. The second-order valence-corrected chi connectivity index (χ2v) is 6.85. The van der Waals surface area contributed by atoms with Crippen LogP contribution in [0.2, 0.25) is 0 Å². The Bertz CT molecular complexity index is 754. The van der Waals surface area contributed by atoms with Crippen LogP contribution in [0.3, 0.4) is 0 Å². The number of aromatic nitrogens is 1. The third kappa shape index (κ3) is 4.73. The van der Waals surface area contributed by atoms with Crippen molar-refractivity contribution in [3.8, 4) is 0 Å². The van der Waals surface area contributed by atoms with Crippen LogP contribution in [0.1, 0.15) is 12.0 Å². The van der Waals surface area contributed by atoms with E-state index in [1.54, 1.807) is 22.9 Å². The molecule has 6 nitrogen and oxygen atoms in total. The number of thioether (sulfide) groups is 1. The SMILES string of the molecule is O=C(O)C1CCN(C(=O)Nc2cccc(CSc3ccccn3)c2)C1. The van der Waals surface area contributed by atoms with Gasteiger partial charge in [0.1, 0.15) is 0 Å². The number of carboxylic acids is 1. The molecule has 1 aliphatic heterocycles. The number of benzene rings is 1. The number of hydrogen-bond donors (Lipinski definition) is 2. The molecular weight excluding hydrogens is 338 g/mol. The number of hydrogen-bond acceptors (Lipinski definition) is 4. The van der Waals surface area contributed by atoms with Crippen molar-refractivity contribution < 1.29 is 14.7 Å². The number of pyridine rings is 1. The van der Waals surface area contributed by atoms with E-state index in [4.69, 9.17) is 5.11 Å². The molecular formula is C18H19N3O3S. The van der Waals surface area contributed by atoms with Crippen molar-refractivity contribution in [2.45, 2.75) is 17.2 Å². The summed E-state index contributed by atoms with van der Waals surface area (Å²) in [7, 11) is 0. The third-order valence-corrected chi connectivity index (χ3v) is 5.04. The summed E-state index contributed by atoms with van der Waals surface area (Å²) in [6, 6.07) is 13.2. The molecule has 3 rings (SSSR count). The molecule has 7 heteroatoms. The molecule has 25 heavy (non-hydrogen) atoms. The molecule has 1 fully saturated rings. The zero-order valence-corrected chi connectivity index (χ0v) is 14.4. The van der Waals surface area contributed by atoms with E-state index in [9.17, 15) is 9.59 Å². The van der Waals surface area contributed by atoms with Gasteiger partial charge in [0.15, 0.2) is 0 Å². The first-order valence-corrected chi connectivity index (χ1v) is 9.02. The molecule has 0 bridgehead atoms. The molecule has 1 aromatic carbocycles. The van der Waals surface area contributed by atoms with Gasteiger partial charge in [0.05, 0.1) is 10.9 Å². The topological polar surface area (TPSA) is 82.5 Å². The van der Waals surface area contributed by atoms with Gasteiger partial charge < -0.3 is 15.3 Å². The number of aliphatic carboxylic acids is 1. The standard InChI is InChI=1S/C18H19N3O3S/c22-17(23)14-7-9-21(11-14)18(24)20-15-5-3-4-13(10-15)12-25-16-6-1-2-8-19-16/h1-6,8,10,14H,7,9,11-12H2,(H,20,24)(H,22,23). The van der Waals surface area contributed by atoms with Crippen molar-refractivity contribution in [3.05, 3.63) is 54.2 Å². The summed E-state index contributed by atoms with van der Waals surface area (Å²) in [5.74, 6) is -0.554. The fourth-order valence-corrected chi connectivity index (χ4v) is 3.48. The van der Waals surface area contributed by atoms with E-state index in [1.807, 2.05) is 42.5 Å². The predicted molar refractivity (Wildman–Crippen MR) is 96.6 cm³/mol. The molecule has 2 N–H and O–H groups in total. The highest BCUT2D eigenvalue weighted by atomic mass is 32.2. The average Bonchev–Trinajstić information content (AvgIpc) is 3.12. The Morgan fingerprint density at radius 3 is 2.88 bits per heavy atom. The van der Waals surface area contributed by atoms with Gasteiger partial charge in [-0.15, -0.1) is 11.8 Å². The second kappa shape index (κ2) is 8.02. The normalized spacial score (nSPS) is 16.6. The molecule has 130 valence electrons. The van der Waals surface area contributed by atoms with Gasteiger partial charge in [-0.2, -0.15) is 0 Å². The summed E-state index contributed by atoms with van der Waals surface area (Å²) in [4.78, 5) is 29.1. The minimum atomic E-state index is -0.844. The van der Waals surface area contributed by atoms with Crippen molar-refractivity contribution in [2.24, 2.45) is 5.92 Å². The molecule has 1 unspecified atom stereocenters. The molecule has 1 aliphatic rings. The van der Waals surface area contributed by atoms with E-state index in [0.29, 0.717) is 18.7 Å². The van der Waals surface area contributed by atoms with Crippen LogP contribution in [0.15, 0.2) is 53.7 Å². The van der Waals surface area contributed by atoms with Crippen LogP contribution in [-0.4, -0.2) is 40.1 Å². The Kier molecular flexibility index (Phi) is 5.55. The number of urea groups is 1. The summed E-state index contributed by atoms with van der Waals surface area (Å²) in [5.41, 5.74) is 1.79. The Morgan fingerprint density at radius 1 is 1.28 bits per heavy atom. The predicted octanol–water partition coefficient (Wildman–Crippen LogP) is 3.31. The minimum Gasteiger partial charge on any atom is -0.481 e. The third-order valence-electron chi connectivity index (χ3n) is 4.03. The number of nitrogens with zero attached hydrogens (tertiary/aromatic N) is 2. The lowest BCUT2D eigenvalue weighted by Crippen LogP contribution is -2.33. The number of carboxylic acid groups (broad SMARTS) is 1. The first-order chi connectivity index (χ1) is 12.1. The van der Waals surface area contributed by atoms with Crippen molar-refractivity contribution in [3.63, 3.8) is 0 Å². The Balaban J connectivity index is 1.56. The highest BCUT2D eigenvalue weighted by Crippen LogP contribution is 2.23. The van der Waals surface area contributed by atoms with Crippen molar-refractivity contribution in [1.29, 1.82) is 0 Å². The lowest BCUT2D eigenvalue weighted by Gasteiger charge is -2.17. The molecule has 2 aromatic rings. The van der Waals surface area contributed by atoms with Crippen molar-refractivity contribution >= 4 is 29.4 Å². The number of carbonyl (C=O) groups excluding carboxylic acids is 1. The molecule has 2 heterocycles. The summed E-state index contributed by atoms with van der Waals surface area (Å²) >= 11 is 1.63. The fraction of sp³-hybridized carbons (Fsp3) is 0.278. The lowest BCUT2D eigenvalue weighted by atomic mass is 10.1. The molecule has 0 spiro atoms. The first-order valence-electron chi connectivity index (χ1n) is 8.03. The Labute approximate surface area is 150 Å². The number of carbonyl (C=O) groups is 2. The maximum atomic E-state index is 12.3. The van der Waals surface area contributed by atoms with Gasteiger partial charge in [0.2, 0.25) is 0 Å². The van der Waals surface area contributed by atoms with Gasteiger partial charge in [-0.05, 0) is 36.2 Å². The first kappa shape index (κ1) is 17.3. The number of nitrogens with one attached hydrogen (secondary N) is 1. The van der Waals surface area contributed by atoms with E-state index in [2.05, 4.69) is 10.3 Å². The molecule has 0 aliphatic carbocycles. The van der Waals surface area contributed by atoms with Crippen molar-refractivity contribution in [1.82, 2.24) is 9.88 Å². The molecule has 0 saturated carbocycles. The summed E-state index contributed by atoms with van der Waals surface area (Å²) in [6.07, 6.45) is 2.27. The van der Waals surface area contributed by atoms with E-state index < -0.39 is 11.9 Å². The molecule has 1 atom stereocenters. The van der Waals surface area contributed by atoms with Gasteiger partial charge in [0, 0.05) is 30.7 Å². The summed E-state index contributed by atoms with van der Waals surface area (Å²) in [5, 5.41) is 12.8. The van der Waals surface area contributed by atoms with E-state index in [-0.39, 0.29) is 12.6 Å². The van der Waals surface area contributed by atoms with Crippen LogP contribution in [0.25, 0.3) is 0 Å². The largest absolute Gasteiger partial charge is 0.481 e. The number of amides is 2. The zero-order chi connectivity index (χ0) is 17.6. The van der Waals surface area contributed by atoms with Gasteiger partial charge in [-0.25, -0.2) is 9.78 Å². The summed E-state index contributed by atoms with van der Waals surface area (Å²) < 4.78 is 0. The van der Waals surface area contributed by atoms with Gasteiger partial charge in [0.25, 0.3) is 0 Å².